The molecule has 1 aliphatic rings. The predicted octanol–water partition coefficient (Wildman–Crippen LogP) is -1.15. The molecule has 0 atom stereocenters. The number of carbonyl (C=O) groups excluding carboxylic acids is 2. The van der Waals surface area contributed by atoms with Gasteiger partial charge in [0.15, 0.2) is 0 Å². The summed E-state index contributed by atoms with van der Waals surface area (Å²) in [6.45, 7) is -1.36. The van der Waals surface area contributed by atoms with E-state index in [0.29, 0.717) is 14.7 Å². The Balaban J connectivity index is 2.98. The Morgan fingerprint density at radius 3 is 1.42 bits per heavy atom. The lowest BCUT2D eigenvalue weighted by Crippen LogP contribution is -2.66. The molecule has 0 spiro atoms. The van der Waals surface area contributed by atoms with E-state index in [0.717, 1.165) is 0 Å². The molecule has 12 heteroatoms. The van der Waals surface area contributed by atoms with E-state index >= 15 is 0 Å². The Morgan fingerprint density at radius 1 is 0.750 bits per heavy atom. The maximum absolute atomic E-state index is 12.2. The second-order valence-electron chi connectivity index (χ2n) is 4.88. The molecule has 1 rings (SSSR count). The van der Waals surface area contributed by atoms with Gasteiger partial charge in [-0.3, -0.25) is 24.2 Å². The molecule has 4 N–H and O–H groups in total. The Hall–Kier alpha value is -2.89. The summed E-state index contributed by atoms with van der Waals surface area (Å²) in [6, 6.07) is -2.08. The fourth-order valence-corrected chi connectivity index (χ4v) is 2.01. The highest BCUT2D eigenvalue weighted by Gasteiger charge is 2.43. The van der Waals surface area contributed by atoms with Gasteiger partial charge < -0.3 is 20.4 Å². The molecule has 0 unspecified atom stereocenters. The number of hydrogen-bond donors (Lipinski definition) is 4. The molecule has 0 bridgehead atoms. The molecule has 0 saturated carbocycles. The molecule has 1 heterocycles. The summed E-state index contributed by atoms with van der Waals surface area (Å²) in [5.41, 5.74) is 0. The minimum Gasteiger partial charge on any atom is -0.481 e. The van der Waals surface area contributed by atoms with E-state index in [1.54, 1.807) is 0 Å². The van der Waals surface area contributed by atoms with Crippen LogP contribution in [0.5, 0.6) is 0 Å². The van der Waals surface area contributed by atoms with Gasteiger partial charge in [0.25, 0.3) is 0 Å². The average molecular weight is 347 g/mol. The smallest absolute Gasteiger partial charge is 0.331 e. The molecular weight excluding hydrogens is 330 g/mol. The van der Waals surface area contributed by atoms with Crippen LogP contribution in [0.25, 0.3) is 0 Å². The zero-order valence-electron chi connectivity index (χ0n) is 12.5. The number of imide groups is 1. The van der Waals surface area contributed by atoms with Crippen LogP contribution >= 0.6 is 0 Å². The zero-order valence-corrected chi connectivity index (χ0v) is 12.5. The van der Waals surface area contributed by atoms with Crippen molar-refractivity contribution in [2.75, 3.05) is 19.6 Å². The molecule has 1 fully saturated rings. The van der Waals surface area contributed by atoms with Gasteiger partial charge in [0.2, 0.25) is 6.35 Å². The molecule has 1 saturated heterocycles. The van der Waals surface area contributed by atoms with Crippen LogP contribution in [0.4, 0.5) is 9.59 Å². The number of aliphatic hydroxyl groups excluding tert-OH is 1. The minimum absolute atomic E-state index is 0.435. The van der Waals surface area contributed by atoms with Crippen LogP contribution in [0.2, 0.25) is 0 Å². The topological polar surface area (TPSA) is 176 Å². The number of hydrogen-bond acceptors (Lipinski definition) is 6. The van der Waals surface area contributed by atoms with Crippen LogP contribution in [0.15, 0.2) is 0 Å². The van der Waals surface area contributed by atoms with Crippen molar-refractivity contribution in [3.05, 3.63) is 0 Å². The van der Waals surface area contributed by atoms with Gasteiger partial charge in [0, 0.05) is 19.6 Å². The first-order chi connectivity index (χ1) is 11.1. The number of carboxylic acids is 3. The first kappa shape index (κ1) is 19.2. The predicted molar refractivity (Wildman–Crippen MR) is 73.7 cm³/mol. The minimum atomic E-state index is -1.83. The third-order valence-electron chi connectivity index (χ3n) is 3.19. The number of aliphatic hydroxyl groups is 1. The van der Waals surface area contributed by atoms with Gasteiger partial charge in [-0.05, 0) is 0 Å². The standard InChI is InChI=1S/C12H17N3O9/c16-7(17)1-4-13-10(22)14(5-2-8(18)19)12(24)15(11(13)23)6-3-9(20)21/h10,22H,1-6H2,(H,16,17)(H,18,19)(H,20,21). The van der Waals surface area contributed by atoms with E-state index in [4.69, 9.17) is 15.3 Å². The van der Waals surface area contributed by atoms with E-state index in [1.807, 2.05) is 0 Å². The first-order valence-corrected chi connectivity index (χ1v) is 6.87. The number of aliphatic carboxylic acids is 3. The Morgan fingerprint density at radius 2 is 1.08 bits per heavy atom. The van der Waals surface area contributed by atoms with Gasteiger partial charge >= 0.3 is 30.0 Å². The number of rotatable bonds is 9. The monoisotopic (exact) mass is 347 g/mol. The first-order valence-electron chi connectivity index (χ1n) is 6.87. The van der Waals surface area contributed by atoms with Crippen LogP contribution in [0.1, 0.15) is 19.3 Å². The molecule has 4 amide bonds. The van der Waals surface area contributed by atoms with E-state index < -0.39 is 75.2 Å². The summed E-state index contributed by atoms with van der Waals surface area (Å²) in [6.07, 6.45) is -3.41. The maximum Gasteiger partial charge on any atom is 0.331 e. The van der Waals surface area contributed by atoms with Gasteiger partial charge in [-0.15, -0.1) is 0 Å². The lowest BCUT2D eigenvalue weighted by Gasteiger charge is -2.44. The molecule has 0 aromatic rings. The summed E-state index contributed by atoms with van der Waals surface area (Å²) < 4.78 is 0. The van der Waals surface area contributed by atoms with Crippen LogP contribution in [0, 0.1) is 0 Å². The Kier molecular flexibility index (Phi) is 6.47. The van der Waals surface area contributed by atoms with Gasteiger partial charge in [-0.2, -0.15) is 0 Å². The van der Waals surface area contributed by atoms with Crippen LogP contribution < -0.4 is 0 Å². The van der Waals surface area contributed by atoms with Crippen molar-refractivity contribution in [2.24, 2.45) is 0 Å². The van der Waals surface area contributed by atoms with Crippen molar-refractivity contribution in [1.29, 1.82) is 0 Å². The second-order valence-corrected chi connectivity index (χ2v) is 4.88. The highest BCUT2D eigenvalue weighted by Crippen LogP contribution is 2.19. The zero-order chi connectivity index (χ0) is 18.4. The summed E-state index contributed by atoms with van der Waals surface area (Å²) in [7, 11) is 0. The highest BCUT2D eigenvalue weighted by molar-refractivity contribution is 5.96. The quantitative estimate of drug-likeness (QED) is 0.401. The van der Waals surface area contributed by atoms with Crippen molar-refractivity contribution in [1.82, 2.24) is 14.7 Å². The number of carboxylic acid groups (broad SMARTS) is 3. The normalized spacial score (nSPS) is 15.8. The van der Waals surface area contributed by atoms with Crippen molar-refractivity contribution < 1.29 is 44.4 Å². The van der Waals surface area contributed by atoms with Crippen LogP contribution in [0.3, 0.4) is 0 Å². The van der Waals surface area contributed by atoms with Gasteiger partial charge in [0.05, 0.1) is 19.3 Å². The van der Waals surface area contributed by atoms with E-state index in [1.165, 1.54) is 0 Å². The fraction of sp³-hybridized carbons (Fsp3) is 0.583. The van der Waals surface area contributed by atoms with Crippen molar-refractivity contribution >= 4 is 30.0 Å². The van der Waals surface area contributed by atoms with Gasteiger partial charge in [-0.1, -0.05) is 0 Å². The second kappa shape index (κ2) is 8.10. The molecular formula is C12H17N3O9. The van der Waals surface area contributed by atoms with E-state index in [2.05, 4.69) is 0 Å². The molecule has 134 valence electrons. The SMILES string of the molecule is O=C(O)CCN1C(=O)N(CCC(=O)O)C(O)N(CCC(=O)O)C1=O. The van der Waals surface area contributed by atoms with Gasteiger partial charge in [0.1, 0.15) is 0 Å². The number of amides is 4. The van der Waals surface area contributed by atoms with Crippen molar-refractivity contribution in [3.63, 3.8) is 0 Å². The molecule has 24 heavy (non-hydrogen) atoms. The third kappa shape index (κ3) is 4.81. The third-order valence-corrected chi connectivity index (χ3v) is 3.19. The fourth-order valence-electron chi connectivity index (χ4n) is 2.01. The Bertz CT molecular complexity index is 512. The highest BCUT2D eigenvalue weighted by atomic mass is 16.4. The van der Waals surface area contributed by atoms with Crippen molar-refractivity contribution in [2.45, 2.75) is 25.6 Å². The molecule has 1 aliphatic heterocycles. The average Bonchev–Trinajstić information content (AvgIpc) is 2.45. The summed E-state index contributed by atoms with van der Waals surface area (Å²) in [4.78, 5) is 58.2. The summed E-state index contributed by atoms with van der Waals surface area (Å²) in [5, 5.41) is 36.1. The van der Waals surface area contributed by atoms with E-state index in [-0.39, 0.29) is 0 Å². The number of urea groups is 2. The Labute approximate surface area is 135 Å². The largest absolute Gasteiger partial charge is 0.481 e. The lowest BCUT2D eigenvalue weighted by atomic mass is 10.3. The van der Waals surface area contributed by atoms with Crippen LogP contribution in [-0.4, -0.2) is 91.1 Å². The molecule has 0 aliphatic carbocycles. The summed E-state index contributed by atoms with van der Waals surface area (Å²) in [5.74, 6) is -3.77. The number of carbonyl (C=O) groups is 5. The van der Waals surface area contributed by atoms with Gasteiger partial charge in [-0.25, -0.2) is 14.5 Å². The summed E-state index contributed by atoms with van der Waals surface area (Å²) >= 11 is 0. The van der Waals surface area contributed by atoms with Crippen molar-refractivity contribution in [3.8, 4) is 0 Å². The van der Waals surface area contributed by atoms with Crippen LogP contribution in [-0.2, 0) is 14.4 Å². The maximum atomic E-state index is 12.2. The van der Waals surface area contributed by atoms with E-state index in [9.17, 15) is 29.1 Å². The molecule has 0 aromatic carbocycles. The molecule has 0 aromatic heterocycles. The molecule has 0 radical (unpaired) electrons. The lowest BCUT2D eigenvalue weighted by molar-refractivity contribution is -0.139. The molecule has 12 nitrogen and oxygen atoms in total. The number of nitrogens with zero attached hydrogens (tertiary/aromatic N) is 3.